The molecule has 0 heterocycles. The predicted molar refractivity (Wildman–Crippen MR) is 88.3 cm³/mol. The van der Waals surface area contributed by atoms with E-state index in [0.717, 1.165) is 17.7 Å². The van der Waals surface area contributed by atoms with E-state index in [2.05, 4.69) is 39.9 Å². The fraction of sp³-hybridized carbons (Fsp3) is 0.500. The molecule has 0 bridgehead atoms. The minimum atomic E-state index is -0.228. The van der Waals surface area contributed by atoms with Crippen molar-refractivity contribution in [2.24, 2.45) is 5.41 Å². The standard InChI is InChI=1S/C18H27NO2/c1-17(2,3)13-18(4,5)19-16(20)11-10-14-8-7-9-15(12-14)21-6/h7-12H,13H2,1-6H3,(H,19,20)/b11-10+. The molecule has 0 radical (unpaired) electrons. The van der Waals surface area contributed by atoms with E-state index in [9.17, 15) is 4.79 Å². The lowest BCUT2D eigenvalue weighted by Gasteiger charge is -2.32. The zero-order chi connectivity index (χ0) is 16.1. The summed E-state index contributed by atoms with van der Waals surface area (Å²) in [6.07, 6.45) is 4.28. The van der Waals surface area contributed by atoms with Crippen LogP contribution in [0.4, 0.5) is 0 Å². The maximum atomic E-state index is 12.0. The van der Waals surface area contributed by atoms with E-state index < -0.39 is 0 Å². The molecule has 1 N–H and O–H groups in total. The second kappa shape index (κ2) is 6.79. The molecule has 1 aromatic rings. The topological polar surface area (TPSA) is 38.3 Å². The van der Waals surface area contributed by atoms with Gasteiger partial charge in [-0.1, -0.05) is 32.9 Å². The fourth-order valence-corrected chi connectivity index (χ4v) is 2.66. The average Bonchev–Trinajstić information content (AvgIpc) is 2.33. The van der Waals surface area contributed by atoms with E-state index in [0.29, 0.717) is 0 Å². The molecule has 0 spiro atoms. The number of carbonyl (C=O) groups excluding carboxylic acids is 1. The number of benzene rings is 1. The van der Waals surface area contributed by atoms with Crippen LogP contribution in [0.1, 0.15) is 46.6 Å². The summed E-state index contributed by atoms with van der Waals surface area (Å²) in [7, 11) is 1.63. The van der Waals surface area contributed by atoms with Crippen molar-refractivity contribution in [2.45, 2.75) is 46.6 Å². The smallest absolute Gasteiger partial charge is 0.244 e. The average molecular weight is 289 g/mol. The highest BCUT2D eigenvalue weighted by Crippen LogP contribution is 2.26. The quantitative estimate of drug-likeness (QED) is 0.831. The number of nitrogens with one attached hydrogen (secondary N) is 1. The normalized spacial score (nSPS) is 12.5. The van der Waals surface area contributed by atoms with E-state index in [1.165, 1.54) is 0 Å². The van der Waals surface area contributed by atoms with E-state index in [1.54, 1.807) is 19.3 Å². The molecular weight excluding hydrogens is 262 g/mol. The Morgan fingerprint density at radius 3 is 2.48 bits per heavy atom. The summed E-state index contributed by atoms with van der Waals surface area (Å²) in [5, 5.41) is 3.05. The minimum absolute atomic E-state index is 0.0768. The Bertz CT molecular complexity index is 510. The molecule has 1 amide bonds. The van der Waals surface area contributed by atoms with Gasteiger partial charge in [0.15, 0.2) is 0 Å². The molecule has 1 aromatic carbocycles. The zero-order valence-corrected chi connectivity index (χ0v) is 14.0. The Hall–Kier alpha value is -1.77. The number of hydrogen-bond donors (Lipinski definition) is 1. The monoisotopic (exact) mass is 289 g/mol. The fourth-order valence-electron chi connectivity index (χ4n) is 2.66. The third kappa shape index (κ3) is 6.98. The van der Waals surface area contributed by atoms with Gasteiger partial charge in [-0.3, -0.25) is 4.79 Å². The lowest BCUT2D eigenvalue weighted by molar-refractivity contribution is -0.118. The summed E-state index contributed by atoms with van der Waals surface area (Å²) in [6, 6.07) is 7.61. The van der Waals surface area contributed by atoms with Gasteiger partial charge >= 0.3 is 0 Å². The minimum Gasteiger partial charge on any atom is -0.497 e. The first kappa shape index (κ1) is 17.3. The molecule has 3 nitrogen and oxygen atoms in total. The van der Waals surface area contributed by atoms with Gasteiger partial charge < -0.3 is 10.1 Å². The number of amides is 1. The summed E-state index contributed by atoms with van der Waals surface area (Å²) < 4.78 is 5.16. The van der Waals surface area contributed by atoms with E-state index >= 15 is 0 Å². The van der Waals surface area contributed by atoms with Crippen molar-refractivity contribution in [3.8, 4) is 5.75 Å². The summed E-state index contributed by atoms with van der Waals surface area (Å²) >= 11 is 0. The molecule has 0 aliphatic carbocycles. The van der Waals surface area contributed by atoms with Crippen LogP contribution in [-0.4, -0.2) is 18.6 Å². The Morgan fingerprint density at radius 2 is 1.90 bits per heavy atom. The van der Waals surface area contributed by atoms with Crippen molar-refractivity contribution >= 4 is 12.0 Å². The van der Waals surface area contributed by atoms with Crippen LogP contribution < -0.4 is 10.1 Å². The zero-order valence-electron chi connectivity index (χ0n) is 14.0. The molecular formula is C18H27NO2. The van der Waals surface area contributed by atoms with Crippen LogP contribution >= 0.6 is 0 Å². The largest absolute Gasteiger partial charge is 0.497 e. The van der Waals surface area contributed by atoms with Crippen molar-refractivity contribution in [3.63, 3.8) is 0 Å². The van der Waals surface area contributed by atoms with Gasteiger partial charge in [-0.15, -0.1) is 0 Å². The second-order valence-corrected chi connectivity index (χ2v) is 7.22. The molecule has 0 saturated carbocycles. The molecule has 0 aliphatic heterocycles. The van der Waals surface area contributed by atoms with Crippen LogP contribution in [0.5, 0.6) is 5.75 Å². The molecule has 0 fully saturated rings. The summed E-state index contributed by atoms with van der Waals surface area (Å²) in [6.45, 7) is 10.6. The van der Waals surface area contributed by atoms with Crippen LogP contribution in [0, 0.1) is 5.41 Å². The van der Waals surface area contributed by atoms with E-state index in [-0.39, 0.29) is 16.9 Å². The van der Waals surface area contributed by atoms with Gasteiger partial charge in [-0.05, 0) is 49.5 Å². The summed E-state index contributed by atoms with van der Waals surface area (Å²) in [5.41, 5.74) is 0.888. The SMILES string of the molecule is COc1cccc(/C=C/C(=O)NC(C)(C)CC(C)(C)C)c1. The highest BCUT2D eigenvalue weighted by molar-refractivity contribution is 5.92. The maximum absolute atomic E-state index is 12.0. The van der Waals surface area contributed by atoms with Gasteiger partial charge in [0.05, 0.1) is 7.11 Å². The second-order valence-electron chi connectivity index (χ2n) is 7.22. The molecule has 0 aromatic heterocycles. The van der Waals surface area contributed by atoms with E-state index in [1.807, 2.05) is 24.3 Å². The van der Waals surface area contributed by atoms with Gasteiger partial charge in [0.2, 0.25) is 5.91 Å². The first-order chi connectivity index (χ1) is 9.61. The maximum Gasteiger partial charge on any atom is 0.244 e. The Balaban J connectivity index is 2.66. The molecule has 0 atom stereocenters. The molecule has 0 unspecified atom stereocenters. The van der Waals surface area contributed by atoms with Crippen molar-refractivity contribution in [2.75, 3.05) is 7.11 Å². The number of hydrogen-bond acceptors (Lipinski definition) is 2. The first-order valence-electron chi connectivity index (χ1n) is 7.26. The van der Waals surface area contributed by atoms with Gasteiger partial charge in [0, 0.05) is 11.6 Å². The highest BCUT2D eigenvalue weighted by Gasteiger charge is 2.26. The van der Waals surface area contributed by atoms with Crippen LogP contribution in [0.15, 0.2) is 30.3 Å². The highest BCUT2D eigenvalue weighted by atomic mass is 16.5. The van der Waals surface area contributed by atoms with Gasteiger partial charge in [-0.2, -0.15) is 0 Å². The Morgan fingerprint density at radius 1 is 1.24 bits per heavy atom. The van der Waals surface area contributed by atoms with Crippen LogP contribution in [0.2, 0.25) is 0 Å². The lowest BCUT2D eigenvalue weighted by atomic mass is 9.82. The molecule has 21 heavy (non-hydrogen) atoms. The van der Waals surface area contributed by atoms with Crippen molar-refractivity contribution in [1.29, 1.82) is 0 Å². The molecule has 116 valence electrons. The number of methoxy groups -OCH3 is 1. The third-order valence-electron chi connectivity index (χ3n) is 2.95. The number of carbonyl (C=O) groups is 1. The Labute approximate surface area is 128 Å². The van der Waals surface area contributed by atoms with Crippen molar-refractivity contribution in [1.82, 2.24) is 5.32 Å². The van der Waals surface area contributed by atoms with Gasteiger partial charge in [0.1, 0.15) is 5.75 Å². The Kier molecular flexibility index (Phi) is 5.59. The van der Waals surface area contributed by atoms with Crippen LogP contribution in [-0.2, 0) is 4.79 Å². The third-order valence-corrected chi connectivity index (χ3v) is 2.95. The van der Waals surface area contributed by atoms with Crippen LogP contribution in [0.25, 0.3) is 6.08 Å². The van der Waals surface area contributed by atoms with Gasteiger partial charge in [-0.25, -0.2) is 0 Å². The lowest BCUT2D eigenvalue weighted by Crippen LogP contribution is -2.45. The predicted octanol–water partition coefficient (Wildman–Crippen LogP) is 4.04. The summed E-state index contributed by atoms with van der Waals surface area (Å²) in [4.78, 5) is 12.0. The molecule has 0 saturated heterocycles. The van der Waals surface area contributed by atoms with E-state index in [4.69, 9.17) is 4.74 Å². The number of ether oxygens (including phenoxy) is 1. The first-order valence-corrected chi connectivity index (χ1v) is 7.26. The molecule has 1 rings (SSSR count). The molecule has 3 heteroatoms. The summed E-state index contributed by atoms with van der Waals surface area (Å²) in [5.74, 6) is 0.706. The van der Waals surface area contributed by atoms with Gasteiger partial charge in [0.25, 0.3) is 0 Å². The van der Waals surface area contributed by atoms with Crippen molar-refractivity contribution in [3.05, 3.63) is 35.9 Å². The number of rotatable bonds is 5. The molecule has 0 aliphatic rings. The van der Waals surface area contributed by atoms with Crippen LogP contribution in [0.3, 0.4) is 0 Å². The van der Waals surface area contributed by atoms with Crippen molar-refractivity contribution < 1.29 is 9.53 Å².